The van der Waals surface area contributed by atoms with Crippen LogP contribution in [0.1, 0.15) is 12.8 Å². The molecule has 0 saturated carbocycles. The van der Waals surface area contributed by atoms with Crippen molar-refractivity contribution in [3.63, 3.8) is 0 Å². The summed E-state index contributed by atoms with van der Waals surface area (Å²) in [4.78, 5) is 15.1. The summed E-state index contributed by atoms with van der Waals surface area (Å²) in [5, 5.41) is 0. The summed E-state index contributed by atoms with van der Waals surface area (Å²) >= 11 is 0. The molecule has 1 aliphatic rings. The van der Waals surface area contributed by atoms with Crippen LogP contribution in [-0.4, -0.2) is 17.9 Å². The lowest BCUT2D eigenvalue weighted by atomic mass is 10.2. The molecule has 0 aromatic rings. The summed E-state index contributed by atoms with van der Waals surface area (Å²) in [5.74, 6) is 0.175. The van der Waals surface area contributed by atoms with Crippen molar-refractivity contribution in [1.29, 1.82) is 0 Å². The Morgan fingerprint density at radius 2 is 2.25 bits per heavy atom. The quantitative estimate of drug-likeness (QED) is 0.467. The highest BCUT2D eigenvalue weighted by Gasteiger charge is 2.26. The second-order valence-electron chi connectivity index (χ2n) is 2.48. The van der Waals surface area contributed by atoms with E-state index >= 15 is 0 Å². The van der Waals surface area contributed by atoms with Gasteiger partial charge in [0.15, 0.2) is 11.9 Å². The van der Waals surface area contributed by atoms with Gasteiger partial charge in [0, 0.05) is 6.42 Å². The van der Waals surface area contributed by atoms with Gasteiger partial charge in [-0.05, 0) is 6.42 Å². The van der Waals surface area contributed by atoms with E-state index in [4.69, 9.17) is 4.74 Å². The summed E-state index contributed by atoms with van der Waals surface area (Å²) in [6.45, 7) is 7.06. The highest BCUT2D eigenvalue weighted by Crippen LogP contribution is 2.12. The van der Waals surface area contributed by atoms with Gasteiger partial charge in [0.1, 0.15) is 0 Å². The molecular formula is C9H11NO2. The van der Waals surface area contributed by atoms with Crippen molar-refractivity contribution in [3.05, 3.63) is 25.3 Å². The SMILES string of the molecule is C=CCC1=NC(CC=C)C(=O)O1. The molecule has 3 nitrogen and oxygen atoms in total. The number of cyclic esters (lactones) is 1. The Kier molecular flexibility index (Phi) is 2.80. The number of carbonyl (C=O) groups excluding carboxylic acids is 1. The first-order chi connectivity index (χ1) is 5.77. The van der Waals surface area contributed by atoms with Gasteiger partial charge in [-0.1, -0.05) is 12.2 Å². The predicted octanol–water partition coefficient (Wildman–Crippen LogP) is 1.46. The highest BCUT2D eigenvalue weighted by atomic mass is 16.6. The van der Waals surface area contributed by atoms with Crippen LogP contribution in [0.25, 0.3) is 0 Å². The molecule has 0 aromatic carbocycles. The molecule has 1 rings (SSSR count). The van der Waals surface area contributed by atoms with Gasteiger partial charge in [-0.15, -0.1) is 13.2 Å². The molecule has 1 heterocycles. The van der Waals surface area contributed by atoms with Crippen LogP contribution < -0.4 is 0 Å². The van der Waals surface area contributed by atoms with Crippen LogP contribution >= 0.6 is 0 Å². The van der Waals surface area contributed by atoms with Gasteiger partial charge >= 0.3 is 5.97 Å². The first kappa shape index (κ1) is 8.71. The summed E-state index contributed by atoms with van der Waals surface area (Å²) in [5.41, 5.74) is 0. The Morgan fingerprint density at radius 1 is 1.50 bits per heavy atom. The van der Waals surface area contributed by atoms with Crippen LogP contribution in [0.3, 0.4) is 0 Å². The topological polar surface area (TPSA) is 38.7 Å². The number of ether oxygens (including phenoxy) is 1. The summed E-state index contributed by atoms with van der Waals surface area (Å²) in [6, 6.07) is -0.377. The maximum atomic E-state index is 11.0. The highest BCUT2D eigenvalue weighted by molar-refractivity contribution is 5.97. The lowest BCUT2D eigenvalue weighted by Gasteiger charge is -1.95. The van der Waals surface area contributed by atoms with Gasteiger partial charge in [-0.25, -0.2) is 9.79 Å². The number of nitrogens with zero attached hydrogens (tertiary/aromatic N) is 1. The van der Waals surface area contributed by atoms with Crippen molar-refractivity contribution < 1.29 is 9.53 Å². The molecule has 0 N–H and O–H groups in total. The summed E-state index contributed by atoms with van der Waals surface area (Å²) < 4.78 is 4.86. The van der Waals surface area contributed by atoms with E-state index < -0.39 is 0 Å². The van der Waals surface area contributed by atoms with Crippen molar-refractivity contribution in [2.24, 2.45) is 4.99 Å². The average molecular weight is 165 g/mol. The number of aliphatic imine (C=N–C) groups is 1. The van der Waals surface area contributed by atoms with E-state index in [0.29, 0.717) is 18.7 Å². The first-order valence-corrected chi connectivity index (χ1v) is 3.78. The van der Waals surface area contributed by atoms with Crippen molar-refractivity contribution in [3.8, 4) is 0 Å². The van der Waals surface area contributed by atoms with E-state index in [9.17, 15) is 4.79 Å². The molecule has 0 spiro atoms. The van der Waals surface area contributed by atoms with Crippen LogP contribution in [-0.2, 0) is 9.53 Å². The zero-order chi connectivity index (χ0) is 8.97. The van der Waals surface area contributed by atoms with Gasteiger partial charge in [0.2, 0.25) is 0 Å². The predicted molar refractivity (Wildman–Crippen MR) is 46.9 cm³/mol. The molecule has 0 aromatic heterocycles. The number of rotatable bonds is 4. The molecule has 1 atom stereocenters. The molecule has 0 radical (unpaired) electrons. The molecule has 1 aliphatic heterocycles. The summed E-state index contributed by atoms with van der Waals surface area (Å²) in [7, 11) is 0. The second kappa shape index (κ2) is 3.85. The lowest BCUT2D eigenvalue weighted by Crippen LogP contribution is -2.13. The maximum absolute atomic E-state index is 11.0. The van der Waals surface area contributed by atoms with Crippen molar-refractivity contribution >= 4 is 11.9 Å². The van der Waals surface area contributed by atoms with Crippen molar-refractivity contribution in [1.82, 2.24) is 0 Å². The number of hydrogen-bond acceptors (Lipinski definition) is 3. The van der Waals surface area contributed by atoms with Crippen molar-refractivity contribution in [2.75, 3.05) is 0 Å². The third kappa shape index (κ3) is 1.81. The average Bonchev–Trinajstić information content (AvgIpc) is 2.34. The normalized spacial score (nSPS) is 21.5. The third-order valence-corrected chi connectivity index (χ3v) is 1.50. The molecule has 0 fully saturated rings. The lowest BCUT2D eigenvalue weighted by molar-refractivity contribution is -0.134. The second-order valence-corrected chi connectivity index (χ2v) is 2.48. The Balaban J connectivity index is 2.59. The minimum Gasteiger partial charge on any atom is -0.410 e. The molecule has 0 aliphatic carbocycles. The molecule has 1 unspecified atom stereocenters. The number of carbonyl (C=O) groups is 1. The fourth-order valence-corrected chi connectivity index (χ4v) is 0.962. The van der Waals surface area contributed by atoms with E-state index in [1.807, 2.05) is 0 Å². The molecular weight excluding hydrogens is 154 g/mol. The third-order valence-electron chi connectivity index (χ3n) is 1.50. The molecule has 64 valence electrons. The van der Waals surface area contributed by atoms with Crippen LogP contribution in [0.15, 0.2) is 30.3 Å². The Morgan fingerprint density at radius 3 is 2.83 bits per heavy atom. The number of hydrogen-bond donors (Lipinski definition) is 0. The summed E-state index contributed by atoms with van der Waals surface area (Å²) in [6.07, 6.45) is 4.37. The van der Waals surface area contributed by atoms with Crippen LogP contribution in [0.5, 0.6) is 0 Å². The smallest absolute Gasteiger partial charge is 0.337 e. The van der Waals surface area contributed by atoms with Crippen molar-refractivity contribution in [2.45, 2.75) is 18.9 Å². The molecule has 0 bridgehead atoms. The Bertz CT molecular complexity index is 243. The number of esters is 1. The first-order valence-electron chi connectivity index (χ1n) is 3.78. The van der Waals surface area contributed by atoms with Gasteiger partial charge < -0.3 is 4.74 Å². The minimum absolute atomic E-state index is 0.285. The van der Waals surface area contributed by atoms with Gasteiger partial charge in [0.05, 0.1) is 0 Å². The fraction of sp³-hybridized carbons (Fsp3) is 0.333. The zero-order valence-electron chi connectivity index (χ0n) is 6.82. The van der Waals surface area contributed by atoms with Gasteiger partial charge in [0.25, 0.3) is 0 Å². The van der Waals surface area contributed by atoms with E-state index in [1.165, 1.54) is 0 Å². The molecule has 3 heteroatoms. The van der Waals surface area contributed by atoms with Crippen LogP contribution in [0.2, 0.25) is 0 Å². The minimum atomic E-state index is -0.377. The largest absolute Gasteiger partial charge is 0.410 e. The fourth-order valence-electron chi connectivity index (χ4n) is 0.962. The van der Waals surface area contributed by atoms with E-state index in [-0.39, 0.29) is 12.0 Å². The molecule has 0 saturated heterocycles. The maximum Gasteiger partial charge on any atom is 0.337 e. The molecule has 0 amide bonds. The Hall–Kier alpha value is -1.38. The van der Waals surface area contributed by atoms with Crippen LogP contribution in [0, 0.1) is 0 Å². The monoisotopic (exact) mass is 165 g/mol. The van der Waals surface area contributed by atoms with E-state index in [1.54, 1.807) is 12.2 Å². The zero-order valence-corrected chi connectivity index (χ0v) is 6.82. The Labute approximate surface area is 71.4 Å². The molecule has 12 heavy (non-hydrogen) atoms. The van der Waals surface area contributed by atoms with Gasteiger partial charge in [-0.2, -0.15) is 0 Å². The van der Waals surface area contributed by atoms with E-state index in [0.717, 1.165) is 0 Å². The van der Waals surface area contributed by atoms with Gasteiger partial charge in [-0.3, -0.25) is 0 Å². The standard InChI is InChI=1S/C9H11NO2/c1-3-5-7-9(11)12-8(10-7)6-4-2/h3-4,7H,1-2,5-6H2. The van der Waals surface area contributed by atoms with Crippen LogP contribution in [0.4, 0.5) is 0 Å². The van der Waals surface area contributed by atoms with E-state index in [2.05, 4.69) is 18.2 Å².